The predicted molar refractivity (Wildman–Crippen MR) is 141 cm³/mol. The minimum atomic E-state index is -4.40. The number of carbonyl (C=O) groups excluding carboxylic acids is 1. The van der Waals surface area contributed by atoms with Crippen molar-refractivity contribution >= 4 is 37.5 Å². The zero-order valence-corrected chi connectivity index (χ0v) is 22.2. The molecular weight excluding hydrogens is 551 g/mol. The minimum Gasteiger partial charge on any atom is -0.489 e. The topological polar surface area (TPSA) is 88.6 Å². The number of carbonyl (C=O) groups is 1. The Bertz CT molecular complexity index is 1550. The highest BCUT2D eigenvalue weighted by molar-refractivity contribution is 7.91. The number of hydrogen-bond acceptors (Lipinski definition) is 6. The van der Waals surface area contributed by atoms with E-state index < -0.39 is 33.7 Å². The van der Waals surface area contributed by atoms with Gasteiger partial charge >= 0.3 is 6.18 Å². The fourth-order valence-corrected chi connectivity index (χ4v) is 7.36. The number of alkyl halides is 3. The minimum absolute atomic E-state index is 0.0266. The lowest BCUT2D eigenvalue weighted by Gasteiger charge is -2.22. The van der Waals surface area contributed by atoms with Crippen molar-refractivity contribution in [2.45, 2.75) is 42.6 Å². The first kappa shape index (κ1) is 27.1. The normalized spacial score (nSPS) is 16.4. The smallest absolute Gasteiger partial charge is 0.416 e. The van der Waals surface area contributed by atoms with Crippen LogP contribution in [0.5, 0.6) is 5.75 Å². The van der Waals surface area contributed by atoms with Gasteiger partial charge in [-0.2, -0.15) is 17.5 Å². The van der Waals surface area contributed by atoms with Crippen molar-refractivity contribution < 1.29 is 31.1 Å². The van der Waals surface area contributed by atoms with E-state index in [2.05, 4.69) is 10.3 Å². The highest BCUT2D eigenvalue weighted by atomic mass is 32.2. The molecule has 1 aromatic heterocycles. The second-order valence-corrected chi connectivity index (χ2v) is 12.2. The molecule has 0 saturated carbocycles. The van der Waals surface area contributed by atoms with Crippen molar-refractivity contribution in [1.29, 1.82) is 0 Å². The van der Waals surface area contributed by atoms with E-state index in [4.69, 9.17) is 4.74 Å². The van der Waals surface area contributed by atoms with E-state index in [0.717, 1.165) is 33.7 Å². The van der Waals surface area contributed by atoms with Crippen LogP contribution in [0.4, 0.5) is 13.2 Å². The molecule has 0 aliphatic carbocycles. The van der Waals surface area contributed by atoms with Crippen molar-refractivity contribution in [3.05, 3.63) is 89.5 Å². The van der Waals surface area contributed by atoms with Gasteiger partial charge in [-0.25, -0.2) is 13.4 Å². The quantitative estimate of drug-likeness (QED) is 0.306. The number of amides is 1. The number of sulfonamides is 1. The third kappa shape index (κ3) is 6.07. The van der Waals surface area contributed by atoms with Crippen molar-refractivity contribution in [2.75, 3.05) is 6.54 Å². The Balaban J connectivity index is 1.20. The Kier molecular flexibility index (Phi) is 7.61. The number of thiazole rings is 1. The van der Waals surface area contributed by atoms with Gasteiger partial charge in [-0.1, -0.05) is 36.4 Å². The van der Waals surface area contributed by atoms with E-state index in [0.29, 0.717) is 29.7 Å². The molecule has 3 aromatic carbocycles. The van der Waals surface area contributed by atoms with Crippen LogP contribution >= 0.6 is 11.3 Å². The molecule has 7 nitrogen and oxygen atoms in total. The van der Waals surface area contributed by atoms with Crippen LogP contribution in [-0.4, -0.2) is 36.2 Å². The molecule has 0 bridgehead atoms. The summed E-state index contributed by atoms with van der Waals surface area (Å²) in [5.74, 6) is 0.0933. The second-order valence-electron chi connectivity index (χ2n) is 9.07. The number of fused-ring (bicyclic) bond motifs is 1. The van der Waals surface area contributed by atoms with E-state index in [-0.39, 0.29) is 24.0 Å². The standard InChI is InChI=1S/C27H24F3N3O4S2/c28-27(29,30)20-12-10-18(11-13-20)17-37-21-6-3-5-19(15-21)16-31-25(34)23-8-4-14-33(23)39(35,36)26-32-22-7-1-2-9-24(22)38-26/h1-3,5-7,9-13,15,23H,4,8,14,16-17H2,(H,31,34)/t23-/m0/s1. The molecule has 1 aliphatic heterocycles. The molecule has 1 atom stereocenters. The third-order valence-electron chi connectivity index (χ3n) is 6.36. The summed E-state index contributed by atoms with van der Waals surface area (Å²) in [5, 5.41) is 2.82. The Morgan fingerprint density at radius 1 is 1.05 bits per heavy atom. The summed E-state index contributed by atoms with van der Waals surface area (Å²) in [5.41, 5.74) is 1.18. The molecule has 1 saturated heterocycles. The van der Waals surface area contributed by atoms with Crippen LogP contribution in [0.2, 0.25) is 0 Å². The molecule has 0 spiro atoms. The lowest BCUT2D eigenvalue weighted by atomic mass is 10.1. The van der Waals surface area contributed by atoms with E-state index >= 15 is 0 Å². The summed E-state index contributed by atoms with van der Waals surface area (Å²) in [6, 6.07) is 18.0. The number of halogens is 3. The van der Waals surface area contributed by atoms with Crippen LogP contribution in [0.1, 0.15) is 29.5 Å². The fourth-order valence-electron chi connectivity index (χ4n) is 4.36. The summed E-state index contributed by atoms with van der Waals surface area (Å²) in [4.78, 5) is 17.3. The number of ether oxygens (including phenoxy) is 1. The van der Waals surface area contributed by atoms with Gasteiger partial charge in [0.05, 0.1) is 15.8 Å². The zero-order valence-electron chi connectivity index (χ0n) is 20.5. The molecular formula is C27H24F3N3O4S2. The van der Waals surface area contributed by atoms with E-state index in [1.165, 1.54) is 16.4 Å². The number of benzene rings is 3. The number of para-hydroxylation sites is 1. The third-order valence-corrected chi connectivity index (χ3v) is 9.66. The van der Waals surface area contributed by atoms with Gasteiger partial charge < -0.3 is 10.1 Å². The van der Waals surface area contributed by atoms with Gasteiger partial charge in [-0.05, 0) is 60.4 Å². The van der Waals surface area contributed by atoms with Gasteiger partial charge in [0.15, 0.2) is 0 Å². The largest absolute Gasteiger partial charge is 0.489 e. The Morgan fingerprint density at radius 3 is 2.56 bits per heavy atom. The first-order valence-electron chi connectivity index (χ1n) is 12.1. The number of nitrogens with one attached hydrogen (secondary N) is 1. The first-order chi connectivity index (χ1) is 18.6. The maximum Gasteiger partial charge on any atom is 0.416 e. The van der Waals surface area contributed by atoms with E-state index in [1.54, 1.807) is 36.4 Å². The van der Waals surface area contributed by atoms with Crippen molar-refractivity contribution in [2.24, 2.45) is 0 Å². The SMILES string of the molecule is O=C(NCc1cccc(OCc2ccc(C(F)(F)F)cc2)c1)[C@@H]1CCCN1S(=O)(=O)c1nc2ccccc2s1. The monoisotopic (exact) mass is 575 g/mol. The summed E-state index contributed by atoms with van der Waals surface area (Å²) in [7, 11) is -3.93. The molecule has 12 heteroatoms. The molecule has 2 heterocycles. The number of nitrogens with zero attached hydrogens (tertiary/aromatic N) is 2. The molecule has 5 rings (SSSR count). The van der Waals surface area contributed by atoms with Gasteiger partial charge in [0.2, 0.25) is 10.2 Å². The maximum atomic E-state index is 13.3. The summed E-state index contributed by atoms with van der Waals surface area (Å²) >= 11 is 1.08. The van der Waals surface area contributed by atoms with Gasteiger partial charge in [0.25, 0.3) is 10.0 Å². The Labute approximate surface area is 227 Å². The molecule has 4 aromatic rings. The lowest BCUT2D eigenvalue weighted by molar-refractivity contribution is -0.137. The van der Waals surface area contributed by atoms with Crippen LogP contribution in [0.25, 0.3) is 10.2 Å². The molecule has 1 fully saturated rings. The summed E-state index contributed by atoms with van der Waals surface area (Å²) in [6.45, 7) is 0.472. The summed E-state index contributed by atoms with van der Waals surface area (Å²) in [6.07, 6.45) is -3.42. The average molecular weight is 576 g/mol. The average Bonchev–Trinajstić information content (AvgIpc) is 3.59. The molecule has 39 heavy (non-hydrogen) atoms. The maximum absolute atomic E-state index is 13.3. The zero-order chi connectivity index (χ0) is 27.6. The van der Waals surface area contributed by atoms with Crippen LogP contribution in [0, 0.1) is 0 Å². The van der Waals surface area contributed by atoms with Crippen LogP contribution < -0.4 is 10.1 Å². The lowest BCUT2D eigenvalue weighted by Crippen LogP contribution is -2.45. The summed E-state index contributed by atoms with van der Waals surface area (Å²) < 4.78 is 72.5. The molecule has 1 amide bonds. The number of hydrogen-bond donors (Lipinski definition) is 1. The Morgan fingerprint density at radius 2 is 1.82 bits per heavy atom. The predicted octanol–water partition coefficient (Wildman–Crippen LogP) is 5.36. The number of aromatic nitrogens is 1. The van der Waals surface area contributed by atoms with Gasteiger partial charge in [0.1, 0.15) is 18.4 Å². The molecule has 1 N–H and O–H groups in total. The molecule has 0 unspecified atom stereocenters. The van der Waals surface area contributed by atoms with Gasteiger partial charge in [-0.3, -0.25) is 4.79 Å². The fraction of sp³-hybridized carbons (Fsp3) is 0.259. The highest BCUT2D eigenvalue weighted by Crippen LogP contribution is 2.32. The molecule has 1 aliphatic rings. The van der Waals surface area contributed by atoms with Crippen LogP contribution in [-0.2, 0) is 34.1 Å². The van der Waals surface area contributed by atoms with Gasteiger partial charge in [-0.15, -0.1) is 11.3 Å². The van der Waals surface area contributed by atoms with E-state index in [1.807, 2.05) is 12.1 Å². The van der Waals surface area contributed by atoms with Crippen LogP contribution in [0.15, 0.2) is 77.1 Å². The Hall–Kier alpha value is -3.48. The first-order valence-corrected chi connectivity index (χ1v) is 14.4. The molecule has 0 radical (unpaired) electrons. The van der Waals surface area contributed by atoms with Crippen molar-refractivity contribution in [3.8, 4) is 5.75 Å². The molecule has 204 valence electrons. The van der Waals surface area contributed by atoms with Crippen LogP contribution in [0.3, 0.4) is 0 Å². The number of rotatable bonds is 8. The van der Waals surface area contributed by atoms with E-state index in [9.17, 15) is 26.4 Å². The van der Waals surface area contributed by atoms with Crippen molar-refractivity contribution in [3.63, 3.8) is 0 Å². The van der Waals surface area contributed by atoms with Gasteiger partial charge in [0, 0.05) is 13.1 Å². The van der Waals surface area contributed by atoms with Crippen molar-refractivity contribution in [1.82, 2.24) is 14.6 Å². The highest BCUT2D eigenvalue weighted by Gasteiger charge is 2.41. The second kappa shape index (κ2) is 10.9.